The molecule has 0 radical (unpaired) electrons. The van der Waals surface area contributed by atoms with E-state index in [0.717, 1.165) is 23.7 Å². The normalized spacial score (nSPS) is 18.6. The molecule has 0 amide bonds. The molecule has 0 nitrogen and oxygen atoms in total. The molecule has 19 heavy (non-hydrogen) atoms. The lowest BCUT2D eigenvalue weighted by Gasteiger charge is -2.44. The molecular weight excluding hydrogens is 228 g/mol. The van der Waals surface area contributed by atoms with Gasteiger partial charge >= 0.3 is 0 Å². The zero-order valence-corrected chi connectivity index (χ0v) is 15.1. The van der Waals surface area contributed by atoms with Gasteiger partial charge in [-0.1, -0.05) is 74.7 Å². The second-order valence-electron chi connectivity index (χ2n) is 7.87. The largest absolute Gasteiger partial charge is 0.0654 e. The van der Waals surface area contributed by atoms with E-state index in [4.69, 9.17) is 0 Å². The zero-order valence-electron chi connectivity index (χ0n) is 15.1. The van der Waals surface area contributed by atoms with E-state index in [1.807, 2.05) is 0 Å². The van der Waals surface area contributed by atoms with Crippen molar-refractivity contribution >= 4 is 0 Å². The van der Waals surface area contributed by atoms with Gasteiger partial charge in [0.1, 0.15) is 0 Å². The van der Waals surface area contributed by atoms with Crippen LogP contribution in [0.5, 0.6) is 0 Å². The van der Waals surface area contributed by atoms with E-state index in [-0.39, 0.29) is 0 Å². The van der Waals surface area contributed by atoms with Gasteiger partial charge < -0.3 is 0 Å². The Morgan fingerprint density at radius 3 is 1.74 bits per heavy atom. The Kier molecular flexibility index (Phi) is 9.03. The first-order valence-corrected chi connectivity index (χ1v) is 8.77. The molecule has 3 unspecified atom stereocenters. The second kappa shape index (κ2) is 9.03. The average Bonchev–Trinajstić information content (AvgIpc) is 2.31. The fraction of sp³-hybridized carbons (Fsp3) is 1.00. The Morgan fingerprint density at radius 1 is 0.842 bits per heavy atom. The lowest BCUT2D eigenvalue weighted by Crippen LogP contribution is -2.35. The molecule has 3 atom stereocenters. The van der Waals surface area contributed by atoms with Crippen LogP contribution in [0.15, 0.2) is 0 Å². The molecule has 0 aliphatic heterocycles. The van der Waals surface area contributed by atoms with Crippen LogP contribution in [-0.4, -0.2) is 0 Å². The van der Waals surface area contributed by atoms with Crippen molar-refractivity contribution < 1.29 is 0 Å². The first-order chi connectivity index (χ1) is 8.77. The van der Waals surface area contributed by atoms with Crippen LogP contribution >= 0.6 is 0 Å². The maximum atomic E-state index is 2.59. The van der Waals surface area contributed by atoms with Crippen LogP contribution in [0.2, 0.25) is 0 Å². The molecular formula is C19H40. The zero-order chi connectivity index (χ0) is 15.1. The standard InChI is InChI=1S/C19H40/c1-9-11-12-19(8,17(7)13-15(3)4)18(10-2)14-16(5)6/h15-18H,9-14H2,1-8H3. The molecule has 0 bridgehead atoms. The lowest BCUT2D eigenvalue weighted by atomic mass is 9.61. The minimum absolute atomic E-state index is 0.541. The number of rotatable bonds is 10. The summed E-state index contributed by atoms with van der Waals surface area (Å²) in [5.74, 6) is 3.40. The first kappa shape index (κ1) is 19.0. The van der Waals surface area contributed by atoms with Crippen LogP contribution in [0.25, 0.3) is 0 Å². The Balaban J connectivity index is 4.99. The van der Waals surface area contributed by atoms with Gasteiger partial charge in [0.05, 0.1) is 0 Å². The Hall–Kier alpha value is 0. The average molecular weight is 269 g/mol. The van der Waals surface area contributed by atoms with Crippen molar-refractivity contribution in [1.82, 2.24) is 0 Å². The van der Waals surface area contributed by atoms with Gasteiger partial charge in [0.15, 0.2) is 0 Å². The van der Waals surface area contributed by atoms with Crippen LogP contribution < -0.4 is 0 Å². The van der Waals surface area contributed by atoms with E-state index in [0.29, 0.717) is 5.41 Å². The molecule has 0 aromatic rings. The van der Waals surface area contributed by atoms with Crippen molar-refractivity contribution in [1.29, 1.82) is 0 Å². The third-order valence-corrected chi connectivity index (χ3v) is 5.20. The minimum Gasteiger partial charge on any atom is -0.0654 e. The van der Waals surface area contributed by atoms with Gasteiger partial charge in [-0.25, -0.2) is 0 Å². The van der Waals surface area contributed by atoms with Crippen LogP contribution in [0.4, 0.5) is 0 Å². The Labute approximate surface area is 123 Å². The van der Waals surface area contributed by atoms with Crippen LogP contribution in [-0.2, 0) is 0 Å². The van der Waals surface area contributed by atoms with E-state index in [9.17, 15) is 0 Å². The van der Waals surface area contributed by atoms with E-state index in [1.165, 1.54) is 38.5 Å². The summed E-state index contributed by atoms with van der Waals surface area (Å²) in [6.07, 6.45) is 8.28. The summed E-state index contributed by atoms with van der Waals surface area (Å²) >= 11 is 0. The summed E-state index contributed by atoms with van der Waals surface area (Å²) in [4.78, 5) is 0. The highest BCUT2D eigenvalue weighted by molar-refractivity contribution is 4.87. The van der Waals surface area contributed by atoms with Gasteiger partial charge in [-0.3, -0.25) is 0 Å². The van der Waals surface area contributed by atoms with Gasteiger partial charge in [0, 0.05) is 0 Å². The SMILES string of the molecule is CCCCC(C)(C(C)CC(C)C)C(CC)CC(C)C. The van der Waals surface area contributed by atoms with Crippen LogP contribution in [0.3, 0.4) is 0 Å². The molecule has 0 fully saturated rings. The summed E-state index contributed by atoms with van der Waals surface area (Å²) in [5.41, 5.74) is 0.541. The molecule has 0 aliphatic carbocycles. The molecule has 116 valence electrons. The monoisotopic (exact) mass is 268 g/mol. The number of unbranched alkanes of at least 4 members (excludes halogenated alkanes) is 1. The Bertz CT molecular complexity index is 216. The minimum atomic E-state index is 0.541. The van der Waals surface area contributed by atoms with Crippen LogP contribution in [0, 0.1) is 29.1 Å². The van der Waals surface area contributed by atoms with E-state index >= 15 is 0 Å². The van der Waals surface area contributed by atoms with Gasteiger partial charge in [-0.15, -0.1) is 0 Å². The van der Waals surface area contributed by atoms with Crippen molar-refractivity contribution in [3.63, 3.8) is 0 Å². The summed E-state index contributed by atoms with van der Waals surface area (Å²) < 4.78 is 0. The van der Waals surface area contributed by atoms with E-state index in [1.54, 1.807) is 0 Å². The maximum absolute atomic E-state index is 2.59. The predicted octanol–water partition coefficient (Wildman–Crippen LogP) is 6.94. The molecule has 0 heteroatoms. The van der Waals surface area contributed by atoms with Gasteiger partial charge in [-0.05, 0) is 48.3 Å². The smallest absolute Gasteiger partial charge is 0.0272 e. The molecule has 0 aromatic heterocycles. The Morgan fingerprint density at radius 2 is 1.37 bits per heavy atom. The van der Waals surface area contributed by atoms with E-state index in [2.05, 4.69) is 55.4 Å². The third kappa shape index (κ3) is 6.32. The summed E-state index contributed by atoms with van der Waals surface area (Å²) in [6, 6.07) is 0. The molecule has 0 saturated heterocycles. The molecule has 0 spiro atoms. The second-order valence-corrected chi connectivity index (χ2v) is 7.87. The summed E-state index contributed by atoms with van der Waals surface area (Å²) in [7, 11) is 0. The fourth-order valence-corrected chi connectivity index (χ4v) is 3.86. The maximum Gasteiger partial charge on any atom is -0.0272 e. The van der Waals surface area contributed by atoms with Crippen LogP contribution in [0.1, 0.15) is 93.9 Å². The highest BCUT2D eigenvalue weighted by Gasteiger charge is 2.37. The topological polar surface area (TPSA) is 0 Å². The molecule has 0 aromatic carbocycles. The number of hydrogen-bond donors (Lipinski definition) is 0. The first-order valence-electron chi connectivity index (χ1n) is 8.77. The highest BCUT2D eigenvalue weighted by Crippen LogP contribution is 2.47. The van der Waals surface area contributed by atoms with Gasteiger partial charge in [-0.2, -0.15) is 0 Å². The van der Waals surface area contributed by atoms with Crippen molar-refractivity contribution in [2.24, 2.45) is 29.1 Å². The molecule has 0 N–H and O–H groups in total. The van der Waals surface area contributed by atoms with E-state index < -0.39 is 0 Å². The molecule has 0 saturated carbocycles. The van der Waals surface area contributed by atoms with Gasteiger partial charge in [0.2, 0.25) is 0 Å². The quantitative estimate of drug-likeness (QED) is 0.402. The summed E-state index contributed by atoms with van der Waals surface area (Å²) in [5, 5.41) is 0. The number of hydrogen-bond acceptors (Lipinski definition) is 0. The van der Waals surface area contributed by atoms with Crippen molar-refractivity contribution in [2.75, 3.05) is 0 Å². The van der Waals surface area contributed by atoms with Crippen molar-refractivity contribution in [3.05, 3.63) is 0 Å². The molecule has 0 aliphatic rings. The predicted molar refractivity (Wildman–Crippen MR) is 89.5 cm³/mol. The van der Waals surface area contributed by atoms with Gasteiger partial charge in [0.25, 0.3) is 0 Å². The third-order valence-electron chi connectivity index (χ3n) is 5.20. The summed E-state index contributed by atoms with van der Waals surface area (Å²) in [6.45, 7) is 19.4. The fourth-order valence-electron chi connectivity index (χ4n) is 3.86. The highest BCUT2D eigenvalue weighted by atomic mass is 14.4. The van der Waals surface area contributed by atoms with Crippen molar-refractivity contribution in [2.45, 2.75) is 93.9 Å². The molecule has 0 rings (SSSR count). The molecule has 0 heterocycles. The lowest BCUT2D eigenvalue weighted by molar-refractivity contribution is 0.0557. The van der Waals surface area contributed by atoms with Crippen molar-refractivity contribution in [3.8, 4) is 0 Å².